The first-order valence-electron chi connectivity index (χ1n) is 6.83. The summed E-state index contributed by atoms with van der Waals surface area (Å²) in [6, 6.07) is 3.78. The molecule has 1 aliphatic heterocycles. The van der Waals surface area contributed by atoms with Crippen LogP contribution in [0.15, 0.2) is 17.5 Å². The highest BCUT2D eigenvalue weighted by molar-refractivity contribution is 7.20. The standard InChI is InChI=1S/C14H15ClN2O2S2/c15-12-5-4-11(21-12)10-8-20-14(16-10)17-13(18)6-3-9-2-1-7-19-9/h4-5,8-9H,1-3,6-7H2,(H,16,17,18). The van der Waals surface area contributed by atoms with Gasteiger partial charge in [0.2, 0.25) is 5.91 Å². The summed E-state index contributed by atoms with van der Waals surface area (Å²) < 4.78 is 6.25. The molecule has 4 nitrogen and oxygen atoms in total. The molecule has 0 radical (unpaired) electrons. The minimum absolute atomic E-state index is 0.00406. The second-order valence-corrected chi connectivity index (χ2v) is 7.44. The number of thiophene rings is 1. The molecule has 1 fully saturated rings. The number of hydrogen-bond donors (Lipinski definition) is 1. The molecule has 1 unspecified atom stereocenters. The van der Waals surface area contributed by atoms with E-state index in [2.05, 4.69) is 10.3 Å². The molecule has 3 rings (SSSR count). The average molecular weight is 343 g/mol. The highest BCUT2D eigenvalue weighted by atomic mass is 35.5. The Morgan fingerprint density at radius 1 is 1.52 bits per heavy atom. The predicted octanol–water partition coefficient (Wildman–Crippen LogP) is 4.42. The highest BCUT2D eigenvalue weighted by Gasteiger charge is 2.17. The molecule has 2 aromatic rings. The summed E-state index contributed by atoms with van der Waals surface area (Å²) in [5, 5.41) is 5.41. The van der Waals surface area contributed by atoms with Gasteiger partial charge in [0.15, 0.2) is 5.13 Å². The third-order valence-electron chi connectivity index (χ3n) is 3.29. The first-order chi connectivity index (χ1) is 10.2. The maximum absolute atomic E-state index is 11.9. The molecule has 0 aliphatic carbocycles. The zero-order chi connectivity index (χ0) is 14.7. The van der Waals surface area contributed by atoms with Gasteiger partial charge in [0.1, 0.15) is 0 Å². The molecule has 112 valence electrons. The molecule has 0 spiro atoms. The van der Waals surface area contributed by atoms with Crippen molar-refractivity contribution in [2.75, 3.05) is 11.9 Å². The number of anilines is 1. The van der Waals surface area contributed by atoms with Gasteiger partial charge in [-0.1, -0.05) is 11.6 Å². The summed E-state index contributed by atoms with van der Waals surface area (Å²) in [4.78, 5) is 17.3. The van der Waals surface area contributed by atoms with Crippen molar-refractivity contribution in [1.82, 2.24) is 4.98 Å². The molecule has 0 aromatic carbocycles. The van der Waals surface area contributed by atoms with E-state index >= 15 is 0 Å². The number of ether oxygens (including phenoxy) is 1. The molecular formula is C14H15ClN2O2S2. The lowest BCUT2D eigenvalue weighted by Gasteiger charge is -2.07. The van der Waals surface area contributed by atoms with E-state index in [9.17, 15) is 4.79 Å². The third-order valence-corrected chi connectivity index (χ3v) is 5.30. The second kappa shape index (κ2) is 6.87. The number of carbonyl (C=O) groups excluding carboxylic acids is 1. The first kappa shape index (κ1) is 15.0. The van der Waals surface area contributed by atoms with Crippen molar-refractivity contribution >= 4 is 45.3 Å². The van der Waals surface area contributed by atoms with Crippen molar-refractivity contribution in [1.29, 1.82) is 0 Å². The molecule has 3 heterocycles. The number of nitrogens with one attached hydrogen (secondary N) is 1. The number of hydrogen-bond acceptors (Lipinski definition) is 5. The molecule has 0 bridgehead atoms. The summed E-state index contributed by atoms with van der Waals surface area (Å²) in [6.07, 6.45) is 3.67. The Balaban J connectivity index is 1.53. The van der Waals surface area contributed by atoms with E-state index in [1.807, 2.05) is 17.5 Å². The van der Waals surface area contributed by atoms with E-state index in [0.717, 1.165) is 40.8 Å². The number of carbonyl (C=O) groups is 1. The highest BCUT2D eigenvalue weighted by Crippen LogP contribution is 2.32. The fourth-order valence-electron chi connectivity index (χ4n) is 2.24. The molecular weight excluding hydrogens is 328 g/mol. The largest absolute Gasteiger partial charge is 0.378 e. The van der Waals surface area contributed by atoms with Crippen molar-refractivity contribution in [3.8, 4) is 10.6 Å². The van der Waals surface area contributed by atoms with Gasteiger partial charge in [0, 0.05) is 18.4 Å². The molecule has 1 saturated heterocycles. The van der Waals surface area contributed by atoms with Crippen molar-refractivity contribution in [2.24, 2.45) is 0 Å². The second-order valence-electron chi connectivity index (χ2n) is 4.86. The van der Waals surface area contributed by atoms with Crippen LogP contribution in [0.2, 0.25) is 4.34 Å². The Labute approximate surface area is 136 Å². The molecule has 21 heavy (non-hydrogen) atoms. The van der Waals surface area contributed by atoms with Crippen LogP contribution in [0, 0.1) is 0 Å². The number of rotatable bonds is 5. The van der Waals surface area contributed by atoms with Gasteiger partial charge in [0.05, 0.1) is 21.0 Å². The molecule has 1 amide bonds. The van der Waals surface area contributed by atoms with E-state index in [1.54, 1.807) is 0 Å². The smallest absolute Gasteiger partial charge is 0.226 e. The maximum atomic E-state index is 11.9. The summed E-state index contributed by atoms with van der Waals surface area (Å²) >= 11 is 8.83. The van der Waals surface area contributed by atoms with E-state index in [1.165, 1.54) is 22.7 Å². The molecule has 0 saturated carbocycles. The normalized spacial score (nSPS) is 18.0. The minimum Gasteiger partial charge on any atom is -0.378 e. The third kappa shape index (κ3) is 4.03. The van der Waals surface area contributed by atoms with E-state index in [4.69, 9.17) is 16.3 Å². The molecule has 7 heteroatoms. The quantitative estimate of drug-likeness (QED) is 0.874. The molecule has 1 N–H and O–H groups in total. The molecule has 1 aliphatic rings. The van der Waals surface area contributed by atoms with Crippen LogP contribution in [0.4, 0.5) is 5.13 Å². The number of thiazole rings is 1. The van der Waals surface area contributed by atoms with Crippen LogP contribution in [0.1, 0.15) is 25.7 Å². The number of aromatic nitrogens is 1. The van der Waals surface area contributed by atoms with Crippen LogP contribution in [0.5, 0.6) is 0 Å². The average Bonchev–Trinajstić information content (AvgIpc) is 3.17. The number of halogens is 1. The zero-order valence-electron chi connectivity index (χ0n) is 11.3. The van der Waals surface area contributed by atoms with E-state index in [-0.39, 0.29) is 12.0 Å². The Morgan fingerprint density at radius 2 is 2.43 bits per heavy atom. The maximum Gasteiger partial charge on any atom is 0.226 e. The van der Waals surface area contributed by atoms with E-state index < -0.39 is 0 Å². The van der Waals surface area contributed by atoms with Crippen molar-refractivity contribution in [3.63, 3.8) is 0 Å². The van der Waals surface area contributed by atoms with Gasteiger partial charge in [-0.2, -0.15) is 0 Å². The monoisotopic (exact) mass is 342 g/mol. The Hall–Kier alpha value is -0.950. The lowest BCUT2D eigenvalue weighted by atomic mass is 10.1. The SMILES string of the molecule is O=C(CCC1CCCO1)Nc1nc(-c2ccc(Cl)s2)cs1. The van der Waals surface area contributed by atoms with Crippen LogP contribution in [0.25, 0.3) is 10.6 Å². The van der Waals surface area contributed by atoms with Crippen LogP contribution in [0.3, 0.4) is 0 Å². The predicted molar refractivity (Wildman–Crippen MR) is 87.3 cm³/mol. The lowest BCUT2D eigenvalue weighted by Crippen LogP contribution is -2.15. The van der Waals surface area contributed by atoms with Gasteiger partial charge >= 0.3 is 0 Å². The Kier molecular flexibility index (Phi) is 4.90. The summed E-state index contributed by atoms with van der Waals surface area (Å²) in [5.74, 6) is -0.00406. The van der Waals surface area contributed by atoms with Crippen molar-refractivity contribution < 1.29 is 9.53 Å². The van der Waals surface area contributed by atoms with Gasteiger partial charge in [-0.15, -0.1) is 22.7 Å². The van der Waals surface area contributed by atoms with Crippen molar-refractivity contribution in [2.45, 2.75) is 31.8 Å². The first-order valence-corrected chi connectivity index (χ1v) is 8.91. The van der Waals surface area contributed by atoms with Gasteiger partial charge in [-0.3, -0.25) is 4.79 Å². The van der Waals surface area contributed by atoms with Crippen LogP contribution in [-0.2, 0) is 9.53 Å². The topological polar surface area (TPSA) is 51.2 Å². The van der Waals surface area contributed by atoms with Gasteiger partial charge in [-0.25, -0.2) is 4.98 Å². The Morgan fingerprint density at radius 3 is 3.14 bits per heavy atom. The summed E-state index contributed by atoms with van der Waals surface area (Å²) in [6.45, 7) is 0.825. The summed E-state index contributed by atoms with van der Waals surface area (Å²) in [5.41, 5.74) is 0.853. The number of amides is 1. The minimum atomic E-state index is -0.00406. The molecule has 1 atom stereocenters. The number of nitrogens with zero attached hydrogens (tertiary/aromatic N) is 1. The van der Waals surface area contributed by atoms with Gasteiger partial charge in [0.25, 0.3) is 0 Å². The Bertz CT molecular complexity index is 620. The van der Waals surface area contributed by atoms with Crippen molar-refractivity contribution in [3.05, 3.63) is 21.8 Å². The fraction of sp³-hybridized carbons (Fsp3) is 0.429. The van der Waals surface area contributed by atoms with Crippen LogP contribution >= 0.6 is 34.3 Å². The zero-order valence-corrected chi connectivity index (χ0v) is 13.7. The summed E-state index contributed by atoms with van der Waals surface area (Å²) in [7, 11) is 0. The van der Waals surface area contributed by atoms with Gasteiger partial charge < -0.3 is 10.1 Å². The van der Waals surface area contributed by atoms with Crippen LogP contribution < -0.4 is 5.32 Å². The van der Waals surface area contributed by atoms with E-state index in [0.29, 0.717) is 11.6 Å². The lowest BCUT2D eigenvalue weighted by molar-refractivity contribution is -0.116. The fourth-order valence-corrected chi connectivity index (χ4v) is 4.05. The molecule has 2 aromatic heterocycles. The van der Waals surface area contributed by atoms with Crippen LogP contribution in [-0.4, -0.2) is 23.6 Å². The van der Waals surface area contributed by atoms with Gasteiger partial charge in [-0.05, 0) is 31.4 Å².